The van der Waals surface area contributed by atoms with E-state index >= 15 is 0 Å². The first-order chi connectivity index (χ1) is 24.4. The summed E-state index contributed by atoms with van der Waals surface area (Å²) in [6.45, 7) is 4.49. The number of carbonyl (C=O) groups excluding carboxylic acids is 1. The van der Waals surface area contributed by atoms with Crippen LogP contribution in [-0.4, -0.2) is 89.6 Å². The van der Waals surface area contributed by atoms with E-state index in [1.807, 2.05) is 0 Å². The van der Waals surface area contributed by atoms with Gasteiger partial charge in [-0.15, -0.1) is 0 Å². The largest absolute Gasteiger partial charge is 0.457 e. The summed E-state index contributed by atoms with van der Waals surface area (Å²) in [4.78, 5) is 12.6. The van der Waals surface area contributed by atoms with E-state index in [1.165, 1.54) is 109 Å². The minimum atomic E-state index is -1.53. The van der Waals surface area contributed by atoms with Crippen LogP contribution in [0.3, 0.4) is 0 Å². The molecule has 294 valence electrons. The minimum absolute atomic E-state index is 0.113. The van der Waals surface area contributed by atoms with Crippen LogP contribution in [0.1, 0.15) is 168 Å². The van der Waals surface area contributed by atoms with Gasteiger partial charge in [-0.1, -0.05) is 141 Å². The topological polar surface area (TPSA) is 135 Å². The van der Waals surface area contributed by atoms with Crippen molar-refractivity contribution in [1.29, 1.82) is 0 Å². The third-order valence-electron chi connectivity index (χ3n) is 9.37. The second-order valence-corrected chi connectivity index (χ2v) is 14.1. The van der Waals surface area contributed by atoms with Crippen molar-refractivity contribution in [3.05, 3.63) is 24.3 Å². The zero-order valence-corrected chi connectivity index (χ0v) is 31.9. The first kappa shape index (κ1) is 46.7. The van der Waals surface area contributed by atoms with Gasteiger partial charge in [0.15, 0.2) is 6.29 Å². The van der Waals surface area contributed by atoms with Crippen LogP contribution in [0.15, 0.2) is 24.3 Å². The summed E-state index contributed by atoms with van der Waals surface area (Å²) in [7, 11) is 0. The Bertz CT molecular complexity index is 818. The van der Waals surface area contributed by atoms with E-state index in [-0.39, 0.29) is 19.2 Å². The Morgan fingerprint density at radius 3 is 1.74 bits per heavy atom. The second kappa shape index (κ2) is 33.5. The number of unbranched alkanes of at least 4 members (excludes halogenated alkanes) is 19. The van der Waals surface area contributed by atoms with Crippen molar-refractivity contribution in [2.45, 2.75) is 205 Å². The molecule has 1 heterocycles. The molecule has 0 aliphatic carbocycles. The zero-order chi connectivity index (χ0) is 36.5. The molecule has 1 saturated heterocycles. The smallest absolute Gasteiger partial charge is 0.306 e. The lowest BCUT2D eigenvalue weighted by molar-refractivity contribution is -0.305. The van der Waals surface area contributed by atoms with Gasteiger partial charge in [0.1, 0.15) is 30.5 Å². The molecular weight excluding hydrogens is 636 g/mol. The molecule has 0 saturated carbocycles. The summed E-state index contributed by atoms with van der Waals surface area (Å²) in [5, 5.41) is 39.9. The average Bonchev–Trinajstić information content (AvgIpc) is 3.11. The lowest BCUT2D eigenvalue weighted by Crippen LogP contribution is -2.59. The Balaban J connectivity index is 2.24. The molecule has 1 aliphatic heterocycles. The second-order valence-electron chi connectivity index (χ2n) is 14.1. The summed E-state index contributed by atoms with van der Waals surface area (Å²) in [5.74, 6) is -0.321. The monoisotopic (exact) mass is 713 g/mol. The van der Waals surface area contributed by atoms with Gasteiger partial charge in [0.2, 0.25) is 0 Å². The van der Waals surface area contributed by atoms with E-state index in [0.717, 1.165) is 38.5 Å². The maximum Gasteiger partial charge on any atom is 0.306 e. The minimum Gasteiger partial charge on any atom is -0.457 e. The molecule has 9 nitrogen and oxygen atoms in total. The molecule has 1 aliphatic rings. The molecule has 0 aromatic rings. The van der Waals surface area contributed by atoms with Crippen LogP contribution in [0.25, 0.3) is 0 Å². The Morgan fingerprint density at radius 2 is 1.16 bits per heavy atom. The maximum absolute atomic E-state index is 12.6. The molecule has 4 N–H and O–H groups in total. The van der Waals surface area contributed by atoms with Crippen molar-refractivity contribution in [2.75, 3.05) is 26.4 Å². The van der Waals surface area contributed by atoms with E-state index < -0.39 is 43.4 Å². The summed E-state index contributed by atoms with van der Waals surface area (Å²) in [6, 6.07) is 0. The summed E-state index contributed by atoms with van der Waals surface area (Å²) in [6.07, 6.45) is 29.3. The maximum atomic E-state index is 12.6. The molecule has 0 aromatic carbocycles. The third kappa shape index (κ3) is 24.8. The number of carbonyl (C=O) groups is 1. The fourth-order valence-electron chi connectivity index (χ4n) is 6.11. The highest BCUT2D eigenvalue weighted by Gasteiger charge is 2.44. The number of ether oxygens (including phenoxy) is 4. The van der Waals surface area contributed by atoms with Crippen LogP contribution in [0.2, 0.25) is 0 Å². The molecule has 0 aromatic heterocycles. The third-order valence-corrected chi connectivity index (χ3v) is 9.37. The van der Waals surface area contributed by atoms with Gasteiger partial charge in [-0.25, -0.2) is 0 Å². The van der Waals surface area contributed by atoms with Gasteiger partial charge in [-0.3, -0.25) is 4.79 Å². The SMILES string of the molecule is CCCCCC/C=C\C/C=C\CCCCCCCCCCOCC(COC1OC(CO)C(O)C(O)C1O)OC(=O)CCCCCCCCCC. The van der Waals surface area contributed by atoms with Crippen LogP contribution in [-0.2, 0) is 23.7 Å². The van der Waals surface area contributed by atoms with Crippen molar-refractivity contribution in [3.63, 3.8) is 0 Å². The first-order valence-electron chi connectivity index (χ1n) is 20.4. The molecule has 9 heteroatoms. The highest BCUT2D eigenvalue weighted by atomic mass is 16.7. The summed E-state index contributed by atoms with van der Waals surface area (Å²) in [5.41, 5.74) is 0. The molecule has 0 amide bonds. The lowest BCUT2D eigenvalue weighted by atomic mass is 9.99. The summed E-state index contributed by atoms with van der Waals surface area (Å²) >= 11 is 0. The Kier molecular flexibility index (Phi) is 31.3. The number of esters is 1. The van der Waals surface area contributed by atoms with E-state index in [0.29, 0.717) is 13.0 Å². The number of allylic oxidation sites excluding steroid dienone is 4. The van der Waals surface area contributed by atoms with Gasteiger partial charge in [0.25, 0.3) is 0 Å². The molecular formula is C41H76O9. The molecule has 6 atom stereocenters. The summed E-state index contributed by atoms with van der Waals surface area (Å²) < 4.78 is 22.7. The van der Waals surface area contributed by atoms with E-state index in [2.05, 4.69) is 38.2 Å². The van der Waals surface area contributed by atoms with E-state index in [1.54, 1.807) is 0 Å². The van der Waals surface area contributed by atoms with Gasteiger partial charge < -0.3 is 39.4 Å². The van der Waals surface area contributed by atoms with Crippen molar-refractivity contribution in [3.8, 4) is 0 Å². The zero-order valence-electron chi connectivity index (χ0n) is 31.9. The predicted molar refractivity (Wildman–Crippen MR) is 201 cm³/mol. The van der Waals surface area contributed by atoms with Crippen molar-refractivity contribution in [2.24, 2.45) is 0 Å². The van der Waals surface area contributed by atoms with Gasteiger partial charge in [0, 0.05) is 13.0 Å². The predicted octanol–water partition coefficient (Wildman–Crippen LogP) is 8.25. The van der Waals surface area contributed by atoms with E-state index in [9.17, 15) is 25.2 Å². The molecule has 0 radical (unpaired) electrons. The number of rotatable bonds is 34. The van der Waals surface area contributed by atoms with Crippen LogP contribution < -0.4 is 0 Å². The number of hydrogen-bond acceptors (Lipinski definition) is 9. The van der Waals surface area contributed by atoms with Crippen LogP contribution in [0, 0.1) is 0 Å². The quantitative estimate of drug-likeness (QED) is 0.0296. The van der Waals surface area contributed by atoms with Crippen LogP contribution in [0.5, 0.6) is 0 Å². The molecule has 0 spiro atoms. The number of aliphatic hydroxyl groups excluding tert-OH is 4. The van der Waals surface area contributed by atoms with Crippen LogP contribution >= 0.6 is 0 Å². The number of aliphatic hydroxyl groups is 4. The highest BCUT2D eigenvalue weighted by molar-refractivity contribution is 5.69. The molecule has 1 rings (SSSR count). The average molecular weight is 713 g/mol. The van der Waals surface area contributed by atoms with Gasteiger partial charge in [-0.05, 0) is 44.9 Å². The molecule has 50 heavy (non-hydrogen) atoms. The normalized spacial score (nSPS) is 21.8. The Morgan fingerprint density at radius 1 is 0.640 bits per heavy atom. The molecule has 0 bridgehead atoms. The van der Waals surface area contributed by atoms with Crippen molar-refractivity contribution in [1.82, 2.24) is 0 Å². The molecule has 6 unspecified atom stereocenters. The Labute approximate surface area is 305 Å². The lowest BCUT2D eigenvalue weighted by Gasteiger charge is -2.39. The van der Waals surface area contributed by atoms with E-state index in [4.69, 9.17) is 18.9 Å². The Hall–Kier alpha value is -1.33. The van der Waals surface area contributed by atoms with Gasteiger partial charge in [0.05, 0.1) is 19.8 Å². The van der Waals surface area contributed by atoms with Crippen molar-refractivity contribution < 1.29 is 44.2 Å². The highest BCUT2D eigenvalue weighted by Crippen LogP contribution is 2.22. The van der Waals surface area contributed by atoms with Crippen molar-refractivity contribution >= 4 is 5.97 Å². The van der Waals surface area contributed by atoms with Crippen LogP contribution in [0.4, 0.5) is 0 Å². The standard InChI is InChI=1S/C41H76O9/c1-3-5-7-9-11-13-14-15-16-17-18-19-20-21-22-23-25-27-29-31-47-33-35(49-37(43)30-28-26-24-12-10-8-6-4-2)34-48-41-40(46)39(45)38(44)36(32-42)50-41/h13-14,16-17,35-36,38-42,44-46H,3-12,15,18-34H2,1-2H3/b14-13-,17-16-. The molecule has 1 fully saturated rings. The number of hydrogen-bond donors (Lipinski definition) is 4. The van der Waals surface area contributed by atoms with Gasteiger partial charge in [-0.2, -0.15) is 0 Å². The fraction of sp³-hybridized carbons (Fsp3) is 0.878. The fourth-order valence-corrected chi connectivity index (χ4v) is 6.11. The van der Waals surface area contributed by atoms with Gasteiger partial charge >= 0.3 is 5.97 Å². The first-order valence-corrected chi connectivity index (χ1v) is 20.4.